The molecule has 5 heterocycles. The molecule has 0 aliphatic rings. The van der Waals surface area contributed by atoms with E-state index >= 15 is 0 Å². The number of non-ortho nitro benzene ring substituents is 3. The van der Waals surface area contributed by atoms with Crippen molar-refractivity contribution in [3.8, 4) is 11.5 Å². The van der Waals surface area contributed by atoms with Crippen LogP contribution in [0.15, 0.2) is 292 Å². The van der Waals surface area contributed by atoms with E-state index in [4.69, 9.17) is 28.4 Å². The molecule has 0 amide bonds. The third-order valence-electron chi connectivity index (χ3n) is 22.1. The first-order valence-corrected chi connectivity index (χ1v) is 43.4. The number of aromatic nitrogens is 5. The number of carbonyl (C=O) groups excluding carboxylic acids is 5. The highest BCUT2D eigenvalue weighted by Gasteiger charge is 2.23. The van der Waals surface area contributed by atoms with Gasteiger partial charge in [0.25, 0.3) is 17.1 Å². The Labute approximate surface area is 782 Å². The minimum atomic E-state index is -0.430. The number of fused-ring (bicyclic) bond motifs is 5. The van der Waals surface area contributed by atoms with Gasteiger partial charge in [-0.3, -0.25) is 67.1 Å². The highest BCUT2D eigenvalue weighted by Crippen LogP contribution is 2.32. The van der Waals surface area contributed by atoms with E-state index in [0.29, 0.717) is 33.5 Å². The normalized spacial score (nSPS) is 11.5. The second kappa shape index (κ2) is 42.7. The third kappa shape index (κ3) is 27.5. The zero-order chi connectivity index (χ0) is 97.3. The molecule has 0 saturated heterocycles. The molecule has 0 atom stereocenters. The number of H-pyrrole nitrogens is 2. The first-order valence-electron chi connectivity index (χ1n) is 43.4. The summed E-state index contributed by atoms with van der Waals surface area (Å²) in [6.45, 7) is 2.67. The quantitative estimate of drug-likeness (QED) is 0.0151. The Bertz CT molecular complexity index is 6550. The Balaban J connectivity index is 0.000000152. The van der Waals surface area contributed by atoms with Gasteiger partial charge in [-0.15, -0.1) is 0 Å². The van der Waals surface area contributed by atoms with E-state index in [2.05, 4.69) is 141 Å². The van der Waals surface area contributed by atoms with E-state index in [0.717, 1.165) is 123 Å². The molecule has 11 aromatic carbocycles. The summed E-state index contributed by atoms with van der Waals surface area (Å²) in [7, 11) is 31.1. The predicted octanol–water partition coefficient (Wildman–Crippen LogP) is 20.0. The van der Waals surface area contributed by atoms with Crippen molar-refractivity contribution in [2.75, 3.05) is 106 Å². The average molecular weight is 1830 g/mol. The van der Waals surface area contributed by atoms with Crippen LogP contribution >= 0.6 is 0 Å². The number of rotatable bonds is 28. The molecular formula is C105H114N13O17+5. The van der Waals surface area contributed by atoms with Crippen LogP contribution in [0.1, 0.15) is 54.4 Å². The van der Waals surface area contributed by atoms with Gasteiger partial charge in [0.1, 0.15) is 53.1 Å². The second-order valence-corrected chi connectivity index (χ2v) is 37.0. The van der Waals surface area contributed by atoms with Crippen molar-refractivity contribution in [2.24, 2.45) is 0 Å². The van der Waals surface area contributed by atoms with Gasteiger partial charge in [-0.1, -0.05) is 78.9 Å². The lowest BCUT2D eigenvalue weighted by atomic mass is 10.1. The minimum absolute atomic E-state index is 0.0366. The number of aromatic amines is 2. The fraction of sp³-hybridized carbons (Fsp3) is 0.229. The van der Waals surface area contributed by atoms with Crippen LogP contribution < -0.4 is 27.2 Å². The summed E-state index contributed by atoms with van der Waals surface area (Å²) in [5.41, 5.74) is 16.8. The van der Waals surface area contributed by atoms with Gasteiger partial charge in [-0.2, -0.15) is 0 Å². The van der Waals surface area contributed by atoms with Gasteiger partial charge in [0, 0.05) is 99.7 Å². The minimum Gasteiger partial charge on any atom is -0.457 e. The van der Waals surface area contributed by atoms with Crippen molar-refractivity contribution in [1.82, 2.24) is 46.1 Å². The Hall–Kier alpha value is -15.7. The number of nitrogens with zero attached hydrogens (tertiary/aromatic N) is 11. The largest absolute Gasteiger partial charge is 0.457 e. The van der Waals surface area contributed by atoms with E-state index in [1.807, 2.05) is 170 Å². The van der Waals surface area contributed by atoms with Crippen molar-refractivity contribution in [1.29, 1.82) is 0 Å². The summed E-state index contributed by atoms with van der Waals surface area (Å²) < 4.78 is 41.6. The number of benzene rings is 11. The smallest absolute Gasteiger partial charge is 0.338 e. The summed E-state index contributed by atoms with van der Waals surface area (Å²) in [4.78, 5) is 99.1. The van der Waals surface area contributed by atoms with Gasteiger partial charge in [-0.05, 0) is 180 Å². The molecule has 2 N–H and O–H groups in total. The molecule has 135 heavy (non-hydrogen) atoms. The number of nitro groups is 3. The van der Waals surface area contributed by atoms with Crippen molar-refractivity contribution in [2.45, 2.75) is 59.6 Å². The van der Waals surface area contributed by atoms with Crippen LogP contribution in [-0.2, 0) is 90.7 Å². The molecule has 0 aliphatic heterocycles. The molecule has 16 aromatic rings. The van der Waals surface area contributed by atoms with E-state index < -0.39 is 14.8 Å². The molecule has 0 unspecified atom stereocenters. The van der Waals surface area contributed by atoms with Gasteiger partial charge in [-0.25, -0.2) is 9.59 Å². The highest BCUT2D eigenvalue weighted by atomic mass is 16.6. The molecule has 30 nitrogen and oxygen atoms in total. The number of ether oxygens (including phenoxy) is 6. The van der Waals surface area contributed by atoms with Crippen LogP contribution in [-0.4, -0.2) is 174 Å². The van der Waals surface area contributed by atoms with Crippen molar-refractivity contribution >= 4 is 130 Å². The van der Waals surface area contributed by atoms with Crippen molar-refractivity contribution < 1.29 is 67.2 Å². The monoisotopic (exact) mass is 1830 g/mol. The van der Waals surface area contributed by atoms with Crippen LogP contribution in [0.5, 0.6) is 11.5 Å². The summed E-state index contributed by atoms with van der Waals surface area (Å²) in [5, 5.41) is 36.9. The van der Waals surface area contributed by atoms with E-state index in [9.17, 15) is 54.3 Å². The molecular weight excluding hydrogens is 1720 g/mol. The van der Waals surface area contributed by atoms with Gasteiger partial charge in [0.2, 0.25) is 0 Å². The second-order valence-electron chi connectivity index (χ2n) is 37.0. The molecule has 0 bridgehead atoms. The molecule has 30 heteroatoms. The zero-order valence-electron chi connectivity index (χ0n) is 78.7. The molecule has 5 aromatic heterocycles. The lowest BCUT2D eigenvalue weighted by Crippen LogP contribution is -2.34. The topological polar surface area (TPSA) is 317 Å². The van der Waals surface area contributed by atoms with Crippen LogP contribution in [0.25, 0.3) is 54.5 Å². The first-order chi connectivity index (χ1) is 63.9. The fourth-order valence-electron chi connectivity index (χ4n) is 14.4. The van der Waals surface area contributed by atoms with E-state index in [-0.39, 0.29) is 99.6 Å². The SMILES string of the molecule is C[N+](C)(C)c1ccc(CC(=O)OCn2ccc3cc([N+](=O)[O-])ccc32)cc1.C[N+](C)(C)c1ccc(CC(=O)OCn2ccc3cc([N+](=O)[O-])ccc32)cc1.C[N+](C)(C)c1ccc(CC(=O)OCn2ccc3cc([N+](=O)[O-])ccc32)cc1.C[N+](C)(C)c1cccc(C(=O)OCc2cc3cc(Oc4ccccc4)ccc3[nH]2)c1.Cc1ccc2cc(COC(=O)c3cccc([N+](C)(C)C)c3)[nH]c2c1. The van der Waals surface area contributed by atoms with Crippen LogP contribution in [0.4, 0.5) is 45.5 Å². The lowest BCUT2D eigenvalue weighted by molar-refractivity contribution is -0.384. The summed E-state index contributed by atoms with van der Waals surface area (Å²) in [6.07, 6.45) is 5.83. The number of hydrogen-bond acceptors (Lipinski definition) is 17. The standard InChI is InChI=1S/C25H25N2O3.3C20H22N3O4.C20H23N2O2/c1-27(2,3)21-9-7-8-18(15-21)25(28)29-17-20-14-19-16-23(12-13-24(19)26-20)30-22-10-5-4-6-11-22;3*1-23(2,3)18-7-4-15(5-8-18)12-20(24)27-14-21-11-10-16-13-17(22(25)26)6-9-19(16)21;1-14-8-9-15-11-17(21-19(15)10-14)13-24-20(23)16-6-5-7-18(12-16)22(2,3)4/h4-16,26H,17H2,1-3H3;3*4-11,13H,12,14H2,1-3H3;5-12,21H,13H2,1-4H3/q5*+1. The number of esters is 5. The predicted molar refractivity (Wildman–Crippen MR) is 531 cm³/mol. The maximum atomic E-state index is 12.5. The van der Waals surface area contributed by atoms with Gasteiger partial charge in [0.05, 0.1) is 179 Å². The number of quaternary nitrogens is 5. The van der Waals surface area contributed by atoms with Gasteiger partial charge < -0.3 is 52.1 Å². The molecule has 0 spiro atoms. The maximum Gasteiger partial charge on any atom is 0.338 e. The van der Waals surface area contributed by atoms with Crippen LogP contribution in [0.2, 0.25) is 0 Å². The van der Waals surface area contributed by atoms with E-state index in [1.165, 1.54) is 42.0 Å². The Morgan fingerprint density at radius 2 is 0.667 bits per heavy atom. The number of nitrogens with one attached hydrogen (secondary N) is 2. The van der Waals surface area contributed by atoms with Crippen LogP contribution in [0.3, 0.4) is 0 Å². The first kappa shape index (κ1) is 98.3. The summed E-state index contributed by atoms with van der Waals surface area (Å²) >= 11 is 0. The van der Waals surface area contributed by atoms with Crippen molar-refractivity contribution in [3.05, 3.63) is 367 Å². The number of hydrogen-bond donors (Lipinski definition) is 2. The summed E-state index contributed by atoms with van der Waals surface area (Å²) in [6, 6.07) is 83.6. The van der Waals surface area contributed by atoms with E-state index in [1.54, 1.807) is 80.8 Å². The molecule has 16 rings (SSSR count). The fourth-order valence-corrected chi connectivity index (χ4v) is 14.4. The van der Waals surface area contributed by atoms with Crippen molar-refractivity contribution in [3.63, 3.8) is 0 Å². The van der Waals surface area contributed by atoms with Gasteiger partial charge in [0.15, 0.2) is 20.2 Å². The van der Waals surface area contributed by atoms with Crippen LogP contribution in [0, 0.1) is 37.3 Å². The molecule has 0 aliphatic carbocycles. The molecule has 0 radical (unpaired) electrons. The number of carbonyl (C=O) groups is 5. The Morgan fingerprint density at radius 1 is 0.311 bits per heavy atom. The van der Waals surface area contributed by atoms with Gasteiger partial charge >= 0.3 is 29.8 Å². The highest BCUT2D eigenvalue weighted by molar-refractivity contribution is 5.92. The Kier molecular flexibility index (Phi) is 31.1. The number of aryl methyl sites for hydroxylation is 1. The summed E-state index contributed by atoms with van der Waals surface area (Å²) in [5.74, 6) is -0.0616. The zero-order valence-corrected chi connectivity index (χ0v) is 78.7. The lowest BCUT2D eigenvalue weighted by Gasteiger charge is -2.23. The average Bonchev–Trinajstić information content (AvgIpc) is 1.68. The third-order valence-corrected chi connectivity index (χ3v) is 22.1. The number of para-hydroxylation sites is 1. The molecule has 0 fully saturated rings. The molecule has 696 valence electrons. The molecule has 0 saturated carbocycles. The number of nitro benzene ring substituents is 3. The Morgan fingerprint density at radius 3 is 1.02 bits per heavy atom. The maximum absolute atomic E-state index is 12.5.